The molecular formula is C21H29N5O2. The van der Waals surface area contributed by atoms with Gasteiger partial charge >= 0.3 is 6.09 Å². The van der Waals surface area contributed by atoms with E-state index in [1.54, 1.807) is 4.90 Å². The van der Waals surface area contributed by atoms with Crippen LogP contribution >= 0.6 is 0 Å². The van der Waals surface area contributed by atoms with Gasteiger partial charge < -0.3 is 20.3 Å². The minimum absolute atomic E-state index is 0.224. The molecule has 1 aliphatic heterocycles. The molecule has 1 aliphatic rings. The summed E-state index contributed by atoms with van der Waals surface area (Å²) in [5, 5.41) is 6.82. The largest absolute Gasteiger partial charge is 0.450 e. The van der Waals surface area contributed by atoms with Gasteiger partial charge in [0, 0.05) is 36.8 Å². The molecule has 1 amide bonds. The van der Waals surface area contributed by atoms with Crippen LogP contribution in [0.3, 0.4) is 0 Å². The number of rotatable bonds is 6. The first kappa shape index (κ1) is 19.9. The van der Waals surface area contributed by atoms with E-state index in [1.165, 1.54) is 0 Å². The average molecular weight is 383 g/mol. The normalized spacial score (nSPS) is 14.8. The molecule has 1 aromatic carbocycles. The predicted octanol–water partition coefficient (Wildman–Crippen LogP) is 4.00. The average Bonchev–Trinajstić information content (AvgIpc) is 2.69. The third-order valence-corrected chi connectivity index (χ3v) is 4.59. The maximum absolute atomic E-state index is 11.9. The van der Waals surface area contributed by atoms with Crippen molar-refractivity contribution in [1.82, 2.24) is 14.9 Å². The van der Waals surface area contributed by atoms with E-state index in [-0.39, 0.29) is 18.2 Å². The molecule has 2 N–H and O–H groups in total. The third kappa shape index (κ3) is 5.34. The lowest BCUT2D eigenvalue weighted by Crippen LogP contribution is -2.42. The number of carbonyl (C=O) groups is 1. The summed E-state index contributed by atoms with van der Waals surface area (Å²) in [4.78, 5) is 22.9. The van der Waals surface area contributed by atoms with Gasteiger partial charge in [-0.15, -0.1) is 0 Å². The third-order valence-electron chi connectivity index (χ3n) is 4.59. The van der Waals surface area contributed by atoms with Gasteiger partial charge in [0.05, 0.1) is 12.3 Å². The van der Waals surface area contributed by atoms with Gasteiger partial charge in [0.1, 0.15) is 5.82 Å². The van der Waals surface area contributed by atoms with E-state index < -0.39 is 0 Å². The van der Waals surface area contributed by atoms with Crippen molar-refractivity contribution < 1.29 is 9.53 Å². The van der Waals surface area contributed by atoms with Crippen molar-refractivity contribution in [2.75, 3.05) is 30.3 Å². The Morgan fingerprint density at radius 2 is 1.93 bits per heavy atom. The molecule has 0 radical (unpaired) electrons. The molecule has 7 heteroatoms. The van der Waals surface area contributed by atoms with Gasteiger partial charge in [0.25, 0.3) is 0 Å². The Bertz CT molecular complexity index is 774. The predicted molar refractivity (Wildman–Crippen MR) is 111 cm³/mol. The number of piperidine rings is 1. The van der Waals surface area contributed by atoms with Gasteiger partial charge in [-0.3, -0.25) is 0 Å². The van der Waals surface area contributed by atoms with Gasteiger partial charge in [-0.1, -0.05) is 30.3 Å². The summed E-state index contributed by atoms with van der Waals surface area (Å²) in [7, 11) is 0. The number of aromatic nitrogens is 2. The molecule has 3 rings (SSSR count). The van der Waals surface area contributed by atoms with Crippen LogP contribution in [-0.4, -0.2) is 52.7 Å². The van der Waals surface area contributed by atoms with Crippen molar-refractivity contribution in [1.29, 1.82) is 0 Å². The summed E-state index contributed by atoms with van der Waals surface area (Å²) >= 11 is 0. The van der Waals surface area contributed by atoms with E-state index in [0.717, 1.165) is 29.9 Å². The van der Waals surface area contributed by atoms with Crippen molar-refractivity contribution in [3.8, 4) is 11.3 Å². The molecule has 1 aromatic heterocycles. The lowest BCUT2D eigenvalue weighted by molar-refractivity contribution is 0.0983. The number of carbonyl (C=O) groups excluding carboxylic acids is 1. The maximum atomic E-state index is 11.9. The second kappa shape index (κ2) is 9.39. The molecular weight excluding hydrogens is 354 g/mol. The highest BCUT2D eigenvalue weighted by Gasteiger charge is 2.24. The molecule has 0 atom stereocenters. The van der Waals surface area contributed by atoms with Crippen LogP contribution < -0.4 is 10.6 Å². The summed E-state index contributed by atoms with van der Waals surface area (Å²) in [6.07, 6.45) is 1.49. The number of anilines is 2. The zero-order valence-corrected chi connectivity index (χ0v) is 16.8. The second-order valence-electron chi connectivity index (χ2n) is 7.23. The Morgan fingerprint density at radius 3 is 2.57 bits per heavy atom. The lowest BCUT2D eigenvalue weighted by Gasteiger charge is -2.32. The maximum Gasteiger partial charge on any atom is 0.409 e. The molecule has 2 heterocycles. The van der Waals surface area contributed by atoms with E-state index in [9.17, 15) is 4.79 Å². The molecule has 1 saturated heterocycles. The Kier molecular flexibility index (Phi) is 6.68. The van der Waals surface area contributed by atoms with Gasteiger partial charge in [0.15, 0.2) is 0 Å². The van der Waals surface area contributed by atoms with E-state index in [1.807, 2.05) is 43.3 Å². The molecule has 0 saturated carbocycles. The number of hydrogen-bond acceptors (Lipinski definition) is 6. The minimum Gasteiger partial charge on any atom is -0.450 e. The van der Waals surface area contributed by atoms with Crippen molar-refractivity contribution >= 4 is 17.9 Å². The highest BCUT2D eigenvalue weighted by Crippen LogP contribution is 2.23. The number of hydrogen-bond donors (Lipinski definition) is 2. The molecule has 0 bridgehead atoms. The van der Waals surface area contributed by atoms with Gasteiger partial charge in [-0.2, -0.15) is 4.98 Å². The topological polar surface area (TPSA) is 79.4 Å². The molecule has 0 spiro atoms. The summed E-state index contributed by atoms with van der Waals surface area (Å²) < 4.78 is 5.09. The van der Waals surface area contributed by atoms with Crippen LogP contribution in [0.5, 0.6) is 0 Å². The van der Waals surface area contributed by atoms with Gasteiger partial charge in [0.2, 0.25) is 5.95 Å². The molecule has 1 fully saturated rings. The van der Waals surface area contributed by atoms with E-state index in [2.05, 4.69) is 34.4 Å². The highest BCUT2D eigenvalue weighted by atomic mass is 16.6. The molecule has 7 nitrogen and oxygen atoms in total. The second-order valence-corrected chi connectivity index (χ2v) is 7.23. The Hall–Kier alpha value is -2.83. The first-order chi connectivity index (χ1) is 13.5. The van der Waals surface area contributed by atoms with Crippen molar-refractivity contribution in [2.24, 2.45) is 0 Å². The smallest absolute Gasteiger partial charge is 0.409 e. The fourth-order valence-corrected chi connectivity index (χ4v) is 3.23. The van der Waals surface area contributed by atoms with Crippen LogP contribution in [0, 0.1) is 0 Å². The van der Waals surface area contributed by atoms with Crippen molar-refractivity contribution in [3.05, 3.63) is 36.4 Å². The lowest BCUT2D eigenvalue weighted by atomic mass is 10.1. The number of ether oxygens (including phenoxy) is 1. The number of nitrogens with zero attached hydrogens (tertiary/aromatic N) is 3. The Balaban J connectivity index is 1.72. The van der Waals surface area contributed by atoms with E-state index in [4.69, 9.17) is 4.74 Å². The van der Waals surface area contributed by atoms with Crippen molar-refractivity contribution in [3.63, 3.8) is 0 Å². The first-order valence-electron chi connectivity index (χ1n) is 9.94. The van der Waals surface area contributed by atoms with E-state index >= 15 is 0 Å². The fourth-order valence-electron chi connectivity index (χ4n) is 3.23. The summed E-state index contributed by atoms with van der Waals surface area (Å²) in [5.74, 6) is 1.41. The van der Waals surface area contributed by atoms with Crippen LogP contribution in [0.2, 0.25) is 0 Å². The van der Waals surface area contributed by atoms with Gasteiger partial charge in [-0.25, -0.2) is 9.78 Å². The van der Waals surface area contributed by atoms with Crippen LogP contribution in [0.15, 0.2) is 36.4 Å². The van der Waals surface area contributed by atoms with E-state index in [0.29, 0.717) is 25.6 Å². The summed E-state index contributed by atoms with van der Waals surface area (Å²) in [6, 6.07) is 12.6. The molecule has 150 valence electrons. The van der Waals surface area contributed by atoms with Crippen LogP contribution in [0.4, 0.5) is 16.6 Å². The zero-order chi connectivity index (χ0) is 19.9. The number of benzene rings is 1. The zero-order valence-electron chi connectivity index (χ0n) is 16.8. The SMILES string of the molecule is CCOC(=O)N1CCC(Nc2cc(-c3ccccc3)nc(NC(C)C)n2)CC1. The monoisotopic (exact) mass is 383 g/mol. The van der Waals surface area contributed by atoms with Gasteiger partial charge in [-0.05, 0) is 33.6 Å². The minimum atomic E-state index is -0.224. The van der Waals surface area contributed by atoms with Crippen LogP contribution in [-0.2, 0) is 4.74 Å². The first-order valence-corrected chi connectivity index (χ1v) is 9.94. The molecule has 0 unspecified atom stereocenters. The van der Waals surface area contributed by atoms with Crippen LogP contribution in [0.1, 0.15) is 33.6 Å². The standard InChI is InChI=1S/C21H29N5O2/c1-4-28-21(27)26-12-10-17(11-13-26)23-19-14-18(16-8-6-5-7-9-16)24-20(25-19)22-15(2)3/h5-9,14-15,17H,4,10-13H2,1-3H3,(H2,22,23,24,25). The Morgan fingerprint density at radius 1 is 1.21 bits per heavy atom. The number of likely N-dealkylation sites (tertiary alicyclic amines) is 1. The fraction of sp³-hybridized carbons (Fsp3) is 0.476. The summed E-state index contributed by atoms with van der Waals surface area (Å²) in [5.41, 5.74) is 1.93. The number of nitrogens with one attached hydrogen (secondary N) is 2. The highest BCUT2D eigenvalue weighted by molar-refractivity contribution is 5.68. The quantitative estimate of drug-likeness (QED) is 0.785. The summed E-state index contributed by atoms with van der Waals surface area (Å²) in [6.45, 7) is 7.74. The Labute approximate surface area is 166 Å². The molecule has 2 aromatic rings. The number of amides is 1. The van der Waals surface area contributed by atoms with Crippen LogP contribution in [0.25, 0.3) is 11.3 Å². The molecule has 28 heavy (non-hydrogen) atoms. The van der Waals surface area contributed by atoms with Crippen molar-refractivity contribution in [2.45, 2.75) is 45.7 Å². The molecule has 0 aliphatic carbocycles.